The van der Waals surface area contributed by atoms with Crippen molar-refractivity contribution in [2.45, 2.75) is 20.0 Å². The number of fused-ring (bicyclic) bond motifs is 4. The lowest BCUT2D eigenvalue weighted by Crippen LogP contribution is -2.35. The molecule has 5 aromatic rings. The molecular formula is C27H22ClN5O5S. The Labute approximate surface area is 231 Å². The summed E-state index contributed by atoms with van der Waals surface area (Å²) in [5, 5.41) is 3.80. The van der Waals surface area contributed by atoms with E-state index in [-0.39, 0.29) is 13.2 Å². The molecule has 4 heterocycles. The van der Waals surface area contributed by atoms with Crippen molar-refractivity contribution in [3.05, 3.63) is 59.0 Å². The van der Waals surface area contributed by atoms with Gasteiger partial charge in [-0.2, -0.15) is 0 Å². The first kappa shape index (κ1) is 25.1. The Hall–Kier alpha value is -4.22. The predicted octanol–water partition coefficient (Wildman–Crippen LogP) is 5.97. The van der Waals surface area contributed by atoms with Crippen LogP contribution in [0.5, 0.6) is 17.4 Å². The third-order valence-corrected chi connectivity index (χ3v) is 7.35. The van der Waals surface area contributed by atoms with Gasteiger partial charge in [0.25, 0.3) is 0 Å². The Balaban J connectivity index is 1.24. The number of nitrogens with one attached hydrogen (secondary N) is 1. The van der Waals surface area contributed by atoms with Crippen molar-refractivity contribution in [3.63, 3.8) is 0 Å². The molecule has 12 heteroatoms. The smallest absolute Gasteiger partial charge is 0.411 e. The zero-order valence-electron chi connectivity index (χ0n) is 21.1. The summed E-state index contributed by atoms with van der Waals surface area (Å²) >= 11 is 8.06. The highest BCUT2D eigenvalue weighted by molar-refractivity contribution is 7.22. The van der Waals surface area contributed by atoms with Gasteiger partial charge in [-0.15, -0.1) is 11.3 Å². The number of carbonyl (C=O) groups excluding carboxylic acids is 1. The first-order valence-corrected chi connectivity index (χ1v) is 13.2. The van der Waals surface area contributed by atoms with Crippen LogP contribution < -0.4 is 19.5 Å². The molecule has 10 nitrogen and oxygen atoms in total. The van der Waals surface area contributed by atoms with E-state index < -0.39 is 12.2 Å². The van der Waals surface area contributed by atoms with E-state index in [1.54, 1.807) is 37.8 Å². The summed E-state index contributed by atoms with van der Waals surface area (Å²) in [4.78, 5) is 30.2. The number of amides is 1. The van der Waals surface area contributed by atoms with Crippen LogP contribution in [0.15, 0.2) is 42.9 Å². The maximum absolute atomic E-state index is 12.2. The van der Waals surface area contributed by atoms with Gasteiger partial charge in [-0.1, -0.05) is 11.6 Å². The molecule has 0 bridgehead atoms. The van der Waals surface area contributed by atoms with Crippen molar-refractivity contribution in [2.75, 3.05) is 25.6 Å². The van der Waals surface area contributed by atoms with E-state index in [9.17, 15) is 4.79 Å². The van der Waals surface area contributed by atoms with Gasteiger partial charge in [-0.25, -0.2) is 19.7 Å². The summed E-state index contributed by atoms with van der Waals surface area (Å²) in [6, 6.07) is 7.44. The molecule has 1 N–H and O–H groups in total. The summed E-state index contributed by atoms with van der Waals surface area (Å²) in [5.41, 5.74) is 5.35. The monoisotopic (exact) mass is 563 g/mol. The summed E-state index contributed by atoms with van der Waals surface area (Å²) in [6.45, 7) is 4.06. The molecule has 0 aliphatic carbocycles. The van der Waals surface area contributed by atoms with Crippen LogP contribution >= 0.6 is 22.9 Å². The second kappa shape index (κ2) is 10.2. The first-order chi connectivity index (χ1) is 18.9. The van der Waals surface area contributed by atoms with Crippen LogP contribution in [0.25, 0.3) is 31.8 Å². The van der Waals surface area contributed by atoms with Crippen LogP contribution in [-0.2, 0) is 4.74 Å². The Bertz CT molecular complexity index is 1740. The fraction of sp³-hybridized carbons (Fsp3) is 0.222. The van der Waals surface area contributed by atoms with Crippen molar-refractivity contribution >= 4 is 56.0 Å². The topological polar surface area (TPSA) is 118 Å². The van der Waals surface area contributed by atoms with E-state index in [1.807, 2.05) is 26.0 Å². The number of carbonyl (C=O) groups is 1. The van der Waals surface area contributed by atoms with Crippen molar-refractivity contribution in [1.29, 1.82) is 0 Å². The fourth-order valence-corrected chi connectivity index (χ4v) is 5.66. The van der Waals surface area contributed by atoms with Crippen LogP contribution in [0.2, 0.25) is 5.02 Å². The molecule has 3 aromatic heterocycles. The van der Waals surface area contributed by atoms with Crippen LogP contribution in [0.4, 0.5) is 10.5 Å². The van der Waals surface area contributed by atoms with Crippen LogP contribution in [0.1, 0.15) is 11.1 Å². The number of aryl methyl sites for hydroxylation is 2. The van der Waals surface area contributed by atoms with Crippen molar-refractivity contribution in [1.82, 2.24) is 19.9 Å². The number of hydrogen-bond donors (Lipinski definition) is 1. The first-order valence-electron chi connectivity index (χ1n) is 12.0. The zero-order valence-corrected chi connectivity index (χ0v) is 22.7. The molecule has 1 atom stereocenters. The molecule has 0 saturated carbocycles. The van der Waals surface area contributed by atoms with Crippen LogP contribution in [0, 0.1) is 13.8 Å². The number of halogens is 1. The standard InChI is InChI=1S/C27H22ClN5O5S/c1-13-5-17(22-19(6-13)32-21(35-3)10-30-22)26-33-23-18(28)7-20-24(25(23)39-26)36-11-16(38-20)12-37-27(34)31-15-4-14(2)8-29-9-15/h4-10,16H,11-12H2,1-3H3,(H,31,34)/t16-/m1/s1. The highest BCUT2D eigenvalue weighted by Gasteiger charge is 2.28. The van der Waals surface area contributed by atoms with Crippen molar-refractivity contribution < 1.29 is 23.7 Å². The Morgan fingerprint density at radius 2 is 2.00 bits per heavy atom. The van der Waals surface area contributed by atoms with Crippen LogP contribution in [-0.4, -0.2) is 52.5 Å². The molecular weight excluding hydrogens is 542 g/mol. The Kier molecular flexibility index (Phi) is 6.53. The minimum absolute atomic E-state index is 0.00841. The van der Waals surface area contributed by atoms with Gasteiger partial charge in [0, 0.05) is 17.8 Å². The van der Waals surface area contributed by atoms with Gasteiger partial charge in [0.2, 0.25) is 5.88 Å². The summed E-state index contributed by atoms with van der Waals surface area (Å²) < 4.78 is 23.5. The lowest BCUT2D eigenvalue weighted by atomic mass is 10.1. The number of thiazole rings is 1. The van der Waals surface area contributed by atoms with Gasteiger partial charge in [-0.3, -0.25) is 10.3 Å². The molecule has 198 valence electrons. The van der Waals surface area contributed by atoms with Gasteiger partial charge in [0.05, 0.1) is 41.2 Å². The SMILES string of the molecule is COc1cnc2c(-c3nc4c(Cl)cc5c(c4s3)OC[C@H](COC(=O)Nc3cncc(C)c3)O5)cc(C)cc2n1. The lowest BCUT2D eigenvalue weighted by Gasteiger charge is -2.26. The largest absolute Gasteiger partial charge is 0.484 e. The van der Waals surface area contributed by atoms with E-state index in [4.69, 9.17) is 35.5 Å². The minimum Gasteiger partial charge on any atom is -0.484 e. The highest BCUT2D eigenvalue weighted by atomic mass is 35.5. The van der Waals surface area contributed by atoms with Gasteiger partial charge in [-0.05, 0) is 43.2 Å². The van der Waals surface area contributed by atoms with E-state index in [1.165, 1.54) is 11.3 Å². The number of nitrogens with zero attached hydrogens (tertiary/aromatic N) is 4. The van der Waals surface area contributed by atoms with E-state index in [0.717, 1.165) is 26.4 Å². The molecule has 0 saturated heterocycles. The fourth-order valence-electron chi connectivity index (χ4n) is 4.26. The lowest BCUT2D eigenvalue weighted by molar-refractivity contribution is 0.0384. The highest BCUT2D eigenvalue weighted by Crippen LogP contribution is 2.47. The molecule has 39 heavy (non-hydrogen) atoms. The summed E-state index contributed by atoms with van der Waals surface area (Å²) in [5.74, 6) is 1.45. The maximum Gasteiger partial charge on any atom is 0.411 e. The molecule has 1 aliphatic heterocycles. The second-order valence-electron chi connectivity index (χ2n) is 9.00. The number of benzene rings is 2. The number of hydrogen-bond acceptors (Lipinski definition) is 10. The number of rotatable bonds is 5. The molecule has 0 unspecified atom stereocenters. The third-order valence-electron chi connectivity index (χ3n) is 5.98. The Morgan fingerprint density at radius 3 is 2.82 bits per heavy atom. The van der Waals surface area contributed by atoms with Crippen LogP contribution in [0.3, 0.4) is 0 Å². The van der Waals surface area contributed by atoms with Gasteiger partial charge in [0.1, 0.15) is 28.4 Å². The normalized spacial score (nSPS) is 14.4. The van der Waals surface area contributed by atoms with E-state index in [0.29, 0.717) is 44.6 Å². The molecule has 1 amide bonds. The molecule has 6 rings (SSSR count). The van der Waals surface area contributed by atoms with Gasteiger partial charge < -0.3 is 18.9 Å². The van der Waals surface area contributed by atoms with Crippen molar-refractivity contribution in [2.24, 2.45) is 0 Å². The van der Waals surface area contributed by atoms with E-state index >= 15 is 0 Å². The molecule has 2 aromatic carbocycles. The summed E-state index contributed by atoms with van der Waals surface area (Å²) in [7, 11) is 1.56. The van der Waals surface area contributed by atoms with Gasteiger partial charge >= 0.3 is 6.09 Å². The molecule has 1 aliphatic rings. The quantitative estimate of drug-likeness (QED) is 0.276. The number of aromatic nitrogens is 4. The molecule has 0 spiro atoms. The van der Waals surface area contributed by atoms with E-state index in [2.05, 4.69) is 20.3 Å². The number of pyridine rings is 1. The number of ether oxygens (including phenoxy) is 4. The molecule has 0 fully saturated rings. The average molecular weight is 564 g/mol. The van der Waals surface area contributed by atoms with Crippen molar-refractivity contribution in [3.8, 4) is 28.0 Å². The van der Waals surface area contributed by atoms with Gasteiger partial charge in [0.15, 0.2) is 17.6 Å². The average Bonchev–Trinajstić information content (AvgIpc) is 3.37. The number of anilines is 1. The zero-order chi connectivity index (χ0) is 27.1. The Morgan fingerprint density at radius 1 is 1.13 bits per heavy atom. The maximum atomic E-state index is 12.2. The minimum atomic E-state index is -0.608. The molecule has 0 radical (unpaired) electrons. The second-order valence-corrected chi connectivity index (χ2v) is 10.4. The summed E-state index contributed by atoms with van der Waals surface area (Å²) in [6.07, 6.45) is 3.71. The third kappa shape index (κ3) is 4.98. The number of methoxy groups -OCH3 is 1. The predicted molar refractivity (Wildman–Crippen MR) is 148 cm³/mol.